The average molecular weight is 226 g/mol. The highest BCUT2D eigenvalue weighted by atomic mass is 16.6. The fourth-order valence-electron chi connectivity index (χ4n) is 2.65. The molecule has 0 saturated carbocycles. The van der Waals surface area contributed by atoms with Crippen molar-refractivity contribution in [1.29, 1.82) is 0 Å². The van der Waals surface area contributed by atoms with E-state index >= 15 is 0 Å². The minimum atomic E-state index is -0.144. The molecular formula is C12H22N2O2. The Morgan fingerprint density at radius 1 is 1.12 bits per heavy atom. The smallest absolute Gasteiger partial charge is 0.410 e. The molecule has 0 atom stereocenters. The van der Waals surface area contributed by atoms with Gasteiger partial charge in [0.2, 0.25) is 0 Å². The molecule has 2 rings (SSSR count). The van der Waals surface area contributed by atoms with Crippen molar-refractivity contribution in [3.63, 3.8) is 0 Å². The predicted molar refractivity (Wildman–Crippen MR) is 62.4 cm³/mol. The van der Waals surface area contributed by atoms with E-state index in [4.69, 9.17) is 4.74 Å². The van der Waals surface area contributed by atoms with Gasteiger partial charge in [-0.25, -0.2) is 4.79 Å². The maximum Gasteiger partial charge on any atom is 0.410 e. The number of rotatable bonds is 2. The number of piperidine rings is 1. The standard InChI is InChI=1S/C12H22N2O2/c1-3-13-8-5-12(6-9-13)7-10-14(4-2)11(15)16-12/h3-10H2,1-2H3. The van der Waals surface area contributed by atoms with Crippen LogP contribution in [0.3, 0.4) is 0 Å². The van der Waals surface area contributed by atoms with Crippen molar-refractivity contribution >= 4 is 6.09 Å². The van der Waals surface area contributed by atoms with Crippen LogP contribution in [-0.2, 0) is 4.74 Å². The van der Waals surface area contributed by atoms with Gasteiger partial charge in [-0.1, -0.05) is 6.92 Å². The summed E-state index contributed by atoms with van der Waals surface area (Å²) in [7, 11) is 0. The first-order valence-electron chi connectivity index (χ1n) is 6.39. The van der Waals surface area contributed by atoms with Gasteiger partial charge in [0.1, 0.15) is 5.60 Å². The van der Waals surface area contributed by atoms with Crippen LogP contribution < -0.4 is 0 Å². The van der Waals surface area contributed by atoms with E-state index in [0.29, 0.717) is 0 Å². The summed E-state index contributed by atoms with van der Waals surface area (Å²) in [5.74, 6) is 0. The number of carbonyl (C=O) groups excluding carboxylic acids is 1. The number of carbonyl (C=O) groups is 1. The Bertz CT molecular complexity index is 254. The van der Waals surface area contributed by atoms with E-state index < -0.39 is 0 Å². The van der Waals surface area contributed by atoms with E-state index in [9.17, 15) is 4.79 Å². The molecule has 1 spiro atoms. The first kappa shape index (κ1) is 11.7. The highest BCUT2D eigenvalue weighted by molar-refractivity contribution is 5.69. The lowest BCUT2D eigenvalue weighted by molar-refractivity contribution is -0.0794. The van der Waals surface area contributed by atoms with Gasteiger partial charge in [0.05, 0.1) is 0 Å². The molecule has 4 nitrogen and oxygen atoms in total. The van der Waals surface area contributed by atoms with E-state index in [2.05, 4.69) is 11.8 Å². The zero-order valence-corrected chi connectivity index (χ0v) is 10.4. The second-order valence-corrected chi connectivity index (χ2v) is 4.81. The lowest BCUT2D eigenvalue weighted by Crippen LogP contribution is -2.54. The molecule has 0 N–H and O–H groups in total. The van der Waals surface area contributed by atoms with Gasteiger partial charge in [0.25, 0.3) is 0 Å². The number of nitrogens with zero attached hydrogens (tertiary/aromatic N) is 2. The second kappa shape index (κ2) is 4.62. The Labute approximate surface area is 97.5 Å². The fourth-order valence-corrected chi connectivity index (χ4v) is 2.65. The van der Waals surface area contributed by atoms with E-state index in [-0.39, 0.29) is 11.7 Å². The molecule has 2 aliphatic heterocycles. The van der Waals surface area contributed by atoms with Crippen LogP contribution in [0.25, 0.3) is 0 Å². The summed E-state index contributed by atoms with van der Waals surface area (Å²) < 4.78 is 5.67. The van der Waals surface area contributed by atoms with E-state index in [0.717, 1.165) is 52.0 Å². The molecule has 0 aliphatic carbocycles. The van der Waals surface area contributed by atoms with Crippen LogP contribution >= 0.6 is 0 Å². The molecule has 2 fully saturated rings. The number of amides is 1. The maximum absolute atomic E-state index is 11.7. The molecule has 2 saturated heterocycles. The number of hydrogen-bond donors (Lipinski definition) is 0. The first-order valence-corrected chi connectivity index (χ1v) is 6.39. The van der Waals surface area contributed by atoms with Gasteiger partial charge < -0.3 is 14.5 Å². The largest absolute Gasteiger partial charge is 0.443 e. The lowest BCUT2D eigenvalue weighted by atomic mass is 9.87. The van der Waals surface area contributed by atoms with Crippen LogP contribution in [-0.4, -0.2) is 54.2 Å². The van der Waals surface area contributed by atoms with Crippen molar-refractivity contribution in [1.82, 2.24) is 9.80 Å². The summed E-state index contributed by atoms with van der Waals surface area (Å²) in [5.41, 5.74) is -0.144. The van der Waals surface area contributed by atoms with Crippen molar-refractivity contribution in [2.24, 2.45) is 0 Å². The summed E-state index contributed by atoms with van der Waals surface area (Å²) in [6, 6.07) is 0. The SMILES string of the molecule is CCN1CCC2(CC1)CCN(CC)C(=O)O2. The van der Waals surface area contributed by atoms with Crippen LogP contribution in [0.15, 0.2) is 0 Å². The monoisotopic (exact) mass is 226 g/mol. The van der Waals surface area contributed by atoms with Crippen LogP contribution in [0, 0.1) is 0 Å². The molecule has 0 aromatic rings. The molecule has 2 aliphatic rings. The Kier molecular flexibility index (Phi) is 3.38. The molecule has 0 bridgehead atoms. The highest BCUT2D eigenvalue weighted by Crippen LogP contribution is 2.33. The average Bonchev–Trinajstić information content (AvgIpc) is 2.30. The van der Waals surface area contributed by atoms with Crippen molar-refractivity contribution in [2.75, 3.05) is 32.7 Å². The van der Waals surface area contributed by atoms with Gasteiger partial charge in [-0.15, -0.1) is 0 Å². The highest BCUT2D eigenvalue weighted by Gasteiger charge is 2.42. The third-order valence-corrected chi connectivity index (χ3v) is 4.00. The van der Waals surface area contributed by atoms with E-state index in [1.54, 1.807) is 4.90 Å². The molecule has 0 unspecified atom stereocenters. The molecule has 92 valence electrons. The van der Waals surface area contributed by atoms with Crippen LogP contribution in [0.4, 0.5) is 4.79 Å². The number of likely N-dealkylation sites (tertiary alicyclic amines) is 1. The lowest BCUT2D eigenvalue weighted by Gasteiger charge is -2.45. The summed E-state index contributed by atoms with van der Waals surface area (Å²) in [5, 5.41) is 0. The molecular weight excluding hydrogens is 204 g/mol. The zero-order chi connectivity index (χ0) is 11.6. The molecule has 0 aromatic heterocycles. The Morgan fingerprint density at radius 2 is 1.75 bits per heavy atom. The van der Waals surface area contributed by atoms with Crippen molar-refractivity contribution in [2.45, 2.75) is 38.7 Å². The topological polar surface area (TPSA) is 32.8 Å². The molecule has 0 aromatic carbocycles. The van der Waals surface area contributed by atoms with Gasteiger partial charge in [-0.05, 0) is 13.5 Å². The van der Waals surface area contributed by atoms with Gasteiger partial charge in [0.15, 0.2) is 0 Å². The Balaban J connectivity index is 1.94. The van der Waals surface area contributed by atoms with Crippen LogP contribution in [0.2, 0.25) is 0 Å². The van der Waals surface area contributed by atoms with Crippen molar-refractivity contribution in [3.05, 3.63) is 0 Å². The minimum absolute atomic E-state index is 0.112. The molecule has 1 amide bonds. The summed E-state index contributed by atoms with van der Waals surface area (Å²) >= 11 is 0. The summed E-state index contributed by atoms with van der Waals surface area (Å²) in [6.45, 7) is 9.04. The van der Waals surface area contributed by atoms with E-state index in [1.807, 2.05) is 6.92 Å². The first-order chi connectivity index (χ1) is 7.69. The zero-order valence-electron chi connectivity index (χ0n) is 10.4. The third-order valence-electron chi connectivity index (χ3n) is 4.00. The molecule has 0 radical (unpaired) electrons. The number of ether oxygens (including phenoxy) is 1. The van der Waals surface area contributed by atoms with Crippen molar-refractivity contribution in [3.8, 4) is 0 Å². The van der Waals surface area contributed by atoms with Crippen LogP contribution in [0.1, 0.15) is 33.1 Å². The molecule has 16 heavy (non-hydrogen) atoms. The second-order valence-electron chi connectivity index (χ2n) is 4.81. The fraction of sp³-hybridized carbons (Fsp3) is 0.917. The van der Waals surface area contributed by atoms with E-state index in [1.165, 1.54) is 0 Å². The molecule has 4 heteroatoms. The normalized spacial score (nSPS) is 25.9. The van der Waals surface area contributed by atoms with Gasteiger partial charge in [-0.3, -0.25) is 0 Å². The quantitative estimate of drug-likeness (QED) is 0.718. The van der Waals surface area contributed by atoms with Gasteiger partial charge in [0, 0.05) is 45.4 Å². The van der Waals surface area contributed by atoms with Crippen molar-refractivity contribution < 1.29 is 9.53 Å². The van der Waals surface area contributed by atoms with Gasteiger partial charge >= 0.3 is 6.09 Å². The predicted octanol–water partition coefficient (Wildman–Crippen LogP) is 1.70. The number of hydrogen-bond acceptors (Lipinski definition) is 3. The molecule has 2 heterocycles. The van der Waals surface area contributed by atoms with Gasteiger partial charge in [-0.2, -0.15) is 0 Å². The maximum atomic E-state index is 11.7. The summed E-state index contributed by atoms with van der Waals surface area (Å²) in [4.78, 5) is 16.0. The minimum Gasteiger partial charge on any atom is -0.443 e. The van der Waals surface area contributed by atoms with Crippen LogP contribution in [0.5, 0.6) is 0 Å². The Hall–Kier alpha value is -0.770. The Morgan fingerprint density at radius 3 is 2.25 bits per heavy atom. The summed E-state index contributed by atoms with van der Waals surface area (Å²) in [6.07, 6.45) is 2.90. The third kappa shape index (κ3) is 2.17.